The second-order valence-corrected chi connectivity index (χ2v) is 9.24. The lowest BCUT2D eigenvalue weighted by Crippen LogP contribution is -2.48. The topological polar surface area (TPSA) is 196 Å². The molecule has 8 N–H and O–H groups in total. The fourth-order valence-corrected chi connectivity index (χ4v) is 4.45. The van der Waals surface area contributed by atoms with Gasteiger partial charge in [-0.15, -0.1) is 11.3 Å². The molecule has 2 aromatic heterocycles. The molecule has 2 heterocycles. The Hall–Kier alpha value is -2.49. The van der Waals surface area contributed by atoms with E-state index in [4.69, 9.17) is 37.1 Å². The van der Waals surface area contributed by atoms with E-state index in [1.54, 1.807) is 20.0 Å². The number of halogens is 2. The SMILES string of the molecule is CNC[C@H](O)[C@@H](O)[C@H](O)[C@H](O)CO.Cc1c(C(=O)O)sc2nc(Cc3ccc(F)c(Cl)c3)[nH]c(=O)c12. The molecule has 0 bridgehead atoms. The van der Waals surface area contributed by atoms with Crippen LogP contribution in [0.25, 0.3) is 10.2 Å². The van der Waals surface area contributed by atoms with Crippen LogP contribution >= 0.6 is 22.9 Å². The second kappa shape index (κ2) is 13.2. The van der Waals surface area contributed by atoms with Crippen LogP contribution in [-0.2, 0) is 6.42 Å². The Bertz CT molecular complexity index is 1250. The molecule has 0 unspecified atom stereocenters. The van der Waals surface area contributed by atoms with Crippen molar-refractivity contribution >= 4 is 39.1 Å². The summed E-state index contributed by atoms with van der Waals surface area (Å²) >= 11 is 6.69. The third-order valence-corrected chi connectivity index (χ3v) is 6.60. The van der Waals surface area contributed by atoms with Crippen molar-refractivity contribution in [3.63, 3.8) is 0 Å². The van der Waals surface area contributed by atoms with Crippen molar-refractivity contribution in [2.45, 2.75) is 37.8 Å². The number of carboxylic acids is 1. The quantitative estimate of drug-likeness (QED) is 0.181. The van der Waals surface area contributed by atoms with Gasteiger partial charge in [0.15, 0.2) is 0 Å². The van der Waals surface area contributed by atoms with E-state index in [1.807, 2.05) is 0 Å². The van der Waals surface area contributed by atoms with Crippen LogP contribution in [0.1, 0.15) is 26.6 Å². The number of likely N-dealkylation sites (N-methyl/N-ethyl adjacent to an activating group) is 1. The molecule has 3 aromatic rings. The monoisotopic (exact) mass is 547 g/mol. The number of aromatic amines is 1. The molecule has 0 aliphatic carbocycles. The highest BCUT2D eigenvalue weighted by Crippen LogP contribution is 2.27. The molecule has 198 valence electrons. The van der Waals surface area contributed by atoms with Gasteiger partial charge < -0.3 is 40.9 Å². The summed E-state index contributed by atoms with van der Waals surface area (Å²) in [5, 5.41) is 56.9. The first-order valence-electron chi connectivity index (χ1n) is 10.6. The number of aliphatic hydroxyl groups excluding tert-OH is 5. The van der Waals surface area contributed by atoms with Crippen molar-refractivity contribution in [2.24, 2.45) is 0 Å². The average molecular weight is 548 g/mol. The van der Waals surface area contributed by atoms with E-state index in [2.05, 4.69) is 15.3 Å². The molecule has 4 atom stereocenters. The van der Waals surface area contributed by atoms with Gasteiger partial charge in [0.25, 0.3) is 5.56 Å². The summed E-state index contributed by atoms with van der Waals surface area (Å²) in [5.74, 6) is -1.24. The molecular formula is C22H27ClFN3O8S. The number of rotatable bonds is 9. The molecule has 0 aliphatic rings. The highest BCUT2D eigenvalue weighted by Gasteiger charge is 2.29. The van der Waals surface area contributed by atoms with E-state index in [9.17, 15) is 19.1 Å². The number of aryl methyl sites for hydroxylation is 1. The molecule has 14 heteroatoms. The van der Waals surface area contributed by atoms with Gasteiger partial charge in [0.05, 0.1) is 23.1 Å². The second-order valence-electron chi connectivity index (χ2n) is 7.84. The Morgan fingerprint density at radius 1 is 1.22 bits per heavy atom. The third kappa shape index (κ3) is 7.27. The Labute approximate surface area is 213 Å². The molecule has 36 heavy (non-hydrogen) atoms. The van der Waals surface area contributed by atoms with Gasteiger partial charge in [0.1, 0.15) is 39.7 Å². The number of nitrogens with one attached hydrogen (secondary N) is 2. The lowest BCUT2D eigenvalue weighted by molar-refractivity contribution is -0.113. The highest BCUT2D eigenvalue weighted by atomic mass is 35.5. The Morgan fingerprint density at radius 3 is 2.42 bits per heavy atom. The van der Waals surface area contributed by atoms with E-state index in [0.717, 1.165) is 11.3 Å². The van der Waals surface area contributed by atoms with Crippen molar-refractivity contribution in [1.29, 1.82) is 0 Å². The maximum atomic E-state index is 13.2. The minimum Gasteiger partial charge on any atom is -0.477 e. The molecule has 0 saturated carbocycles. The summed E-state index contributed by atoms with van der Waals surface area (Å²) in [4.78, 5) is 30.8. The summed E-state index contributed by atoms with van der Waals surface area (Å²) < 4.78 is 13.2. The first-order valence-corrected chi connectivity index (χ1v) is 11.8. The number of aliphatic hydroxyl groups is 5. The lowest BCUT2D eigenvalue weighted by Gasteiger charge is -2.25. The summed E-state index contributed by atoms with van der Waals surface area (Å²) in [6.45, 7) is 1.01. The Balaban J connectivity index is 0.000000302. The maximum Gasteiger partial charge on any atom is 0.346 e. The maximum absolute atomic E-state index is 13.2. The number of fused-ring (bicyclic) bond motifs is 1. The van der Waals surface area contributed by atoms with E-state index >= 15 is 0 Å². The molecular weight excluding hydrogens is 521 g/mol. The minimum atomic E-state index is -1.55. The standard InChI is InChI=1S/C15H10ClFN2O3S.C7H17NO5/c1-6-11-13(20)18-10(19-14(11)23-12(6)15(21)22)5-7-2-3-9(17)8(16)4-7;1-8-2-4(10)6(12)7(13)5(11)3-9/h2-4H,5H2,1H3,(H,21,22)(H,18,19,20);4-13H,2-3H2,1H3/t;4-,5+,6+,7+/m.0/s1. The number of carbonyl (C=O) groups is 1. The highest BCUT2D eigenvalue weighted by molar-refractivity contribution is 7.20. The van der Waals surface area contributed by atoms with Crippen LogP contribution in [0.4, 0.5) is 4.39 Å². The number of thiophene rings is 1. The van der Waals surface area contributed by atoms with Crippen LogP contribution < -0.4 is 10.9 Å². The van der Waals surface area contributed by atoms with Gasteiger partial charge in [-0.05, 0) is 37.2 Å². The van der Waals surface area contributed by atoms with E-state index in [-0.39, 0.29) is 33.8 Å². The van der Waals surface area contributed by atoms with Crippen LogP contribution in [0.2, 0.25) is 5.02 Å². The average Bonchev–Trinajstić information content (AvgIpc) is 3.17. The number of aromatic carboxylic acids is 1. The van der Waals surface area contributed by atoms with Crippen molar-refractivity contribution in [1.82, 2.24) is 15.3 Å². The number of H-pyrrole nitrogens is 1. The smallest absolute Gasteiger partial charge is 0.346 e. The number of aromatic nitrogens is 2. The fraction of sp³-hybridized carbons (Fsp3) is 0.409. The van der Waals surface area contributed by atoms with E-state index < -0.39 is 42.8 Å². The van der Waals surface area contributed by atoms with Crippen molar-refractivity contribution in [3.8, 4) is 0 Å². The van der Waals surface area contributed by atoms with E-state index in [1.165, 1.54) is 12.1 Å². The van der Waals surface area contributed by atoms with Crippen LogP contribution in [0, 0.1) is 12.7 Å². The number of nitrogens with zero attached hydrogens (tertiary/aromatic N) is 1. The van der Waals surface area contributed by atoms with Crippen LogP contribution in [0.5, 0.6) is 0 Å². The summed E-state index contributed by atoms with van der Waals surface area (Å²) in [6, 6.07) is 4.25. The predicted molar refractivity (Wildman–Crippen MR) is 131 cm³/mol. The molecule has 0 spiro atoms. The lowest BCUT2D eigenvalue weighted by atomic mass is 10.0. The van der Waals surface area contributed by atoms with E-state index in [0.29, 0.717) is 21.8 Å². The molecule has 0 aliphatic heterocycles. The minimum absolute atomic E-state index is 0.00828. The van der Waals surface area contributed by atoms with Gasteiger partial charge >= 0.3 is 5.97 Å². The molecule has 11 nitrogen and oxygen atoms in total. The normalized spacial score (nSPS) is 14.6. The summed E-state index contributed by atoms with van der Waals surface area (Å²) in [6.07, 6.45) is -5.39. The summed E-state index contributed by atoms with van der Waals surface area (Å²) in [7, 11) is 1.57. The zero-order valence-corrected chi connectivity index (χ0v) is 20.8. The molecule has 0 radical (unpaired) electrons. The van der Waals surface area contributed by atoms with Gasteiger partial charge in [-0.25, -0.2) is 14.2 Å². The Morgan fingerprint density at radius 2 is 1.86 bits per heavy atom. The zero-order valence-electron chi connectivity index (χ0n) is 19.3. The molecule has 0 saturated heterocycles. The number of hydrogen-bond donors (Lipinski definition) is 8. The van der Waals surface area contributed by atoms with Gasteiger partial charge in [-0.3, -0.25) is 4.79 Å². The first-order chi connectivity index (χ1) is 16.9. The predicted octanol–water partition coefficient (Wildman–Crippen LogP) is 0.0162. The zero-order chi connectivity index (χ0) is 27.2. The van der Waals surface area contributed by atoms with Gasteiger partial charge in [0, 0.05) is 13.0 Å². The molecule has 0 amide bonds. The Kier molecular flexibility index (Phi) is 10.9. The van der Waals surface area contributed by atoms with Gasteiger partial charge in [-0.2, -0.15) is 0 Å². The van der Waals surface area contributed by atoms with Crippen LogP contribution in [0.3, 0.4) is 0 Å². The first kappa shape index (κ1) is 29.7. The molecule has 0 fully saturated rings. The van der Waals surface area contributed by atoms with Gasteiger partial charge in [-0.1, -0.05) is 17.7 Å². The summed E-state index contributed by atoms with van der Waals surface area (Å²) in [5.41, 5.74) is 0.702. The van der Waals surface area contributed by atoms with Crippen molar-refractivity contribution in [3.05, 3.63) is 61.2 Å². The molecule has 1 aromatic carbocycles. The number of carboxylic acid groups (broad SMARTS) is 1. The van der Waals surface area contributed by atoms with Crippen LogP contribution in [-0.4, -0.2) is 91.2 Å². The fourth-order valence-electron chi connectivity index (χ4n) is 3.21. The van der Waals surface area contributed by atoms with Crippen LogP contribution in [0.15, 0.2) is 23.0 Å². The number of hydrogen-bond acceptors (Lipinski definition) is 10. The van der Waals surface area contributed by atoms with Crippen molar-refractivity contribution in [2.75, 3.05) is 20.2 Å². The van der Waals surface area contributed by atoms with Gasteiger partial charge in [0.2, 0.25) is 0 Å². The largest absolute Gasteiger partial charge is 0.477 e. The molecule has 3 rings (SSSR count). The number of benzene rings is 1. The van der Waals surface area contributed by atoms with Crippen molar-refractivity contribution < 1.29 is 39.8 Å². The third-order valence-electron chi connectivity index (χ3n) is 5.14.